The number of anilines is 1. The summed E-state index contributed by atoms with van der Waals surface area (Å²) < 4.78 is 5.14. The molecule has 2 unspecified atom stereocenters. The minimum atomic E-state index is -0.459. The van der Waals surface area contributed by atoms with E-state index < -0.39 is 6.10 Å². The van der Waals surface area contributed by atoms with E-state index >= 15 is 0 Å². The lowest BCUT2D eigenvalue weighted by molar-refractivity contribution is 0.0927. The Hall–Kier alpha value is -2.35. The van der Waals surface area contributed by atoms with Crippen LogP contribution in [0.3, 0.4) is 0 Å². The molecule has 1 aromatic carbocycles. The molecule has 26 heavy (non-hydrogen) atoms. The molecule has 0 radical (unpaired) electrons. The van der Waals surface area contributed by atoms with Gasteiger partial charge in [0.15, 0.2) is 5.76 Å². The van der Waals surface area contributed by atoms with Crippen LogP contribution in [0.5, 0.6) is 0 Å². The van der Waals surface area contributed by atoms with Crippen molar-refractivity contribution in [1.29, 1.82) is 0 Å². The van der Waals surface area contributed by atoms with Crippen molar-refractivity contribution in [2.45, 2.75) is 6.10 Å². The smallest absolute Gasteiger partial charge is 0.293 e. The number of hydrogen-bond donors (Lipinski definition) is 3. The Morgan fingerprint density at radius 1 is 1.27 bits per heavy atom. The summed E-state index contributed by atoms with van der Waals surface area (Å²) in [6, 6.07) is 10.1. The van der Waals surface area contributed by atoms with Gasteiger partial charge in [0.1, 0.15) is 0 Å². The van der Waals surface area contributed by atoms with Crippen LogP contribution in [0.4, 0.5) is 5.69 Å². The topological polar surface area (TPSA) is 94.8 Å². The zero-order chi connectivity index (χ0) is 17.8. The van der Waals surface area contributed by atoms with Gasteiger partial charge in [0.2, 0.25) is 0 Å². The highest BCUT2D eigenvalue weighted by Gasteiger charge is 2.26. The van der Waals surface area contributed by atoms with Gasteiger partial charge in [-0.25, -0.2) is 0 Å². The van der Waals surface area contributed by atoms with E-state index in [2.05, 4.69) is 10.6 Å². The van der Waals surface area contributed by atoms with Crippen molar-refractivity contribution in [3.05, 3.63) is 54.0 Å². The number of benzene rings is 1. The van der Waals surface area contributed by atoms with Gasteiger partial charge >= 0.3 is 0 Å². The molecule has 0 spiro atoms. The van der Waals surface area contributed by atoms with Gasteiger partial charge in [0.25, 0.3) is 11.8 Å². The number of halogens is 1. The lowest BCUT2D eigenvalue weighted by atomic mass is 10.1. The summed E-state index contributed by atoms with van der Waals surface area (Å²) in [5.41, 5.74) is 0.886. The number of amides is 2. The molecule has 1 aromatic heterocycles. The largest absolute Gasteiger partial charge is 0.459 e. The fourth-order valence-corrected chi connectivity index (χ4v) is 2.88. The van der Waals surface area contributed by atoms with Gasteiger partial charge in [-0.3, -0.25) is 9.59 Å². The molecule has 3 rings (SSSR count). The zero-order valence-electron chi connectivity index (χ0n) is 14.3. The van der Waals surface area contributed by atoms with Crippen LogP contribution in [0, 0.1) is 5.92 Å². The van der Waals surface area contributed by atoms with Crippen LogP contribution in [-0.4, -0.2) is 49.7 Å². The molecule has 0 aliphatic carbocycles. The van der Waals surface area contributed by atoms with E-state index in [1.54, 1.807) is 43.4 Å². The van der Waals surface area contributed by atoms with Crippen molar-refractivity contribution in [3.63, 3.8) is 0 Å². The third-order valence-corrected chi connectivity index (χ3v) is 4.38. The van der Waals surface area contributed by atoms with Gasteiger partial charge in [-0.15, -0.1) is 12.4 Å². The number of rotatable bonds is 5. The van der Waals surface area contributed by atoms with Crippen LogP contribution in [0.15, 0.2) is 47.1 Å². The summed E-state index contributed by atoms with van der Waals surface area (Å²) in [7, 11) is 1.60. The van der Waals surface area contributed by atoms with Crippen LogP contribution in [0.2, 0.25) is 0 Å². The first kappa shape index (κ1) is 20.0. The highest BCUT2D eigenvalue weighted by atomic mass is 35.5. The number of carbonyl (C=O) groups is 2. The third-order valence-electron chi connectivity index (χ3n) is 4.38. The second-order valence-corrected chi connectivity index (χ2v) is 6.05. The maximum atomic E-state index is 12.6. The fourth-order valence-electron chi connectivity index (χ4n) is 2.88. The van der Waals surface area contributed by atoms with Crippen LogP contribution in [0.1, 0.15) is 20.9 Å². The van der Waals surface area contributed by atoms with Gasteiger partial charge < -0.3 is 25.1 Å². The van der Waals surface area contributed by atoms with Crippen molar-refractivity contribution in [1.82, 2.24) is 10.6 Å². The molecule has 7 nitrogen and oxygen atoms in total. The number of aliphatic hydroxyl groups is 1. The Balaban J connectivity index is 0.00000243. The molecule has 0 bridgehead atoms. The molecule has 8 heteroatoms. The number of para-hydroxylation sites is 1. The van der Waals surface area contributed by atoms with Crippen LogP contribution in [0.25, 0.3) is 0 Å². The monoisotopic (exact) mass is 379 g/mol. The number of nitrogens with one attached hydrogen (secondary N) is 2. The van der Waals surface area contributed by atoms with Crippen LogP contribution in [-0.2, 0) is 0 Å². The standard InChI is InChI=1S/C18H21N3O4.ClH/c1-21(18(24)16-7-4-8-25-16)14-6-3-2-5-13(14)17(23)20-10-12-9-19-11-15(12)22;/h2-8,12,15,19,22H,9-11H2,1H3,(H,20,23);1H. The Morgan fingerprint density at radius 3 is 2.69 bits per heavy atom. The molecule has 3 N–H and O–H groups in total. The van der Waals surface area contributed by atoms with Gasteiger partial charge in [-0.05, 0) is 24.3 Å². The third kappa shape index (κ3) is 4.24. The summed E-state index contributed by atoms with van der Waals surface area (Å²) in [6.07, 6.45) is 0.972. The molecule has 1 aliphatic heterocycles. The van der Waals surface area contributed by atoms with Crippen molar-refractivity contribution >= 4 is 29.9 Å². The molecular weight excluding hydrogens is 358 g/mol. The highest BCUT2D eigenvalue weighted by molar-refractivity contribution is 6.09. The maximum Gasteiger partial charge on any atom is 0.293 e. The second-order valence-electron chi connectivity index (χ2n) is 6.05. The Morgan fingerprint density at radius 2 is 2.04 bits per heavy atom. The van der Waals surface area contributed by atoms with E-state index in [9.17, 15) is 14.7 Å². The minimum Gasteiger partial charge on any atom is -0.459 e. The molecule has 2 heterocycles. The number of hydrogen-bond acceptors (Lipinski definition) is 5. The van der Waals surface area contributed by atoms with Crippen molar-refractivity contribution in [2.75, 3.05) is 31.6 Å². The molecule has 0 saturated carbocycles. The van der Waals surface area contributed by atoms with Gasteiger partial charge in [0.05, 0.1) is 23.6 Å². The van der Waals surface area contributed by atoms with Gasteiger partial charge in [0, 0.05) is 32.6 Å². The van der Waals surface area contributed by atoms with E-state index in [-0.39, 0.29) is 35.9 Å². The van der Waals surface area contributed by atoms with Gasteiger partial charge in [-0.2, -0.15) is 0 Å². The first-order chi connectivity index (χ1) is 12.1. The lowest BCUT2D eigenvalue weighted by Gasteiger charge is -2.20. The van der Waals surface area contributed by atoms with E-state index in [4.69, 9.17) is 4.42 Å². The Bertz CT molecular complexity index is 751. The van der Waals surface area contributed by atoms with Crippen molar-refractivity contribution in [3.8, 4) is 0 Å². The van der Waals surface area contributed by atoms with E-state index in [1.165, 1.54) is 11.2 Å². The average molecular weight is 380 g/mol. The molecule has 1 aliphatic rings. The van der Waals surface area contributed by atoms with Crippen molar-refractivity contribution in [2.24, 2.45) is 5.92 Å². The summed E-state index contributed by atoms with van der Waals surface area (Å²) in [6.45, 7) is 1.58. The first-order valence-electron chi connectivity index (χ1n) is 8.15. The molecule has 2 amide bonds. The normalized spacial score (nSPS) is 18.8. The predicted octanol–water partition coefficient (Wildman–Crippen LogP) is 1.29. The first-order valence-corrected chi connectivity index (χ1v) is 8.15. The summed E-state index contributed by atoms with van der Waals surface area (Å²) in [4.78, 5) is 26.4. The van der Waals surface area contributed by atoms with Crippen LogP contribution >= 0.6 is 12.4 Å². The number of furan rings is 1. The lowest BCUT2D eigenvalue weighted by Crippen LogP contribution is -2.35. The van der Waals surface area contributed by atoms with E-state index in [1.807, 2.05) is 0 Å². The number of aliphatic hydroxyl groups excluding tert-OH is 1. The summed E-state index contributed by atoms with van der Waals surface area (Å²) in [5, 5.41) is 15.7. The quantitative estimate of drug-likeness (QED) is 0.727. The molecule has 2 atom stereocenters. The predicted molar refractivity (Wildman–Crippen MR) is 99.8 cm³/mol. The summed E-state index contributed by atoms with van der Waals surface area (Å²) in [5.74, 6) is -0.425. The van der Waals surface area contributed by atoms with Gasteiger partial charge in [-0.1, -0.05) is 12.1 Å². The second kappa shape index (κ2) is 8.84. The fraction of sp³-hybridized carbons (Fsp3) is 0.333. The number of nitrogens with zero attached hydrogens (tertiary/aromatic N) is 1. The zero-order valence-corrected chi connectivity index (χ0v) is 15.2. The Kier molecular flexibility index (Phi) is 6.79. The molecule has 140 valence electrons. The minimum absolute atomic E-state index is 0. The van der Waals surface area contributed by atoms with E-state index in [0.29, 0.717) is 30.9 Å². The average Bonchev–Trinajstić information content (AvgIpc) is 3.30. The SMILES string of the molecule is CN(C(=O)c1ccco1)c1ccccc1C(=O)NCC1CNCC1O.Cl. The van der Waals surface area contributed by atoms with Crippen LogP contribution < -0.4 is 15.5 Å². The molecular formula is C18H22ClN3O4. The molecule has 2 aromatic rings. The molecule has 1 fully saturated rings. The highest BCUT2D eigenvalue weighted by Crippen LogP contribution is 2.21. The number of β-amino-alcohol motifs (C(OH)–C–C–N with tert-alkyl or cyclic N) is 1. The number of carbonyl (C=O) groups excluding carboxylic acids is 2. The van der Waals surface area contributed by atoms with Crippen molar-refractivity contribution < 1.29 is 19.1 Å². The maximum absolute atomic E-state index is 12.6. The summed E-state index contributed by atoms with van der Waals surface area (Å²) >= 11 is 0. The van der Waals surface area contributed by atoms with E-state index in [0.717, 1.165) is 0 Å². The molecule has 1 saturated heterocycles. The Labute approximate surface area is 157 Å².